The van der Waals surface area contributed by atoms with Crippen molar-refractivity contribution in [1.82, 2.24) is 14.7 Å². The molecule has 3 aliphatic rings. The highest BCUT2D eigenvalue weighted by Crippen LogP contribution is 2.52. The van der Waals surface area contributed by atoms with Crippen LogP contribution in [0.15, 0.2) is 22.8 Å². The number of hydrogen-bond donors (Lipinski definition) is 0. The van der Waals surface area contributed by atoms with Gasteiger partial charge in [0.1, 0.15) is 0 Å². The standard InChI is InChI=1S/C19H27N3O4/c1-2-9-26-19(24)22-12-15-14(16(15)13-22)11-20-5-7-21(8-6-20)18(23)17-4-3-10-25-17/h3-4,10,14-16H,2,5-9,11-13H2,1H3/t14?,15-,16+. The summed E-state index contributed by atoms with van der Waals surface area (Å²) >= 11 is 0. The number of furan rings is 1. The maximum atomic E-state index is 12.3. The molecular weight excluding hydrogens is 334 g/mol. The van der Waals surface area contributed by atoms with E-state index >= 15 is 0 Å². The van der Waals surface area contributed by atoms with Crippen LogP contribution in [-0.2, 0) is 4.74 Å². The van der Waals surface area contributed by atoms with Gasteiger partial charge in [-0.3, -0.25) is 9.69 Å². The van der Waals surface area contributed by atoms with Crippen LogP contribution in [0.25, 0.3) is 0 Å². The number of carbonyl (C=O) groups excluding carboxylic acids is 2. The van der Waals surface area contributed by atoms with Crippen molar-refractivity contribution >= 4 is 12.0 Å². The van der Waals surface area contributed by atoms with Gasteiger partial charge in [0.2, 0.25) is 0 Å². The first-order valence-corrected chi connectivity index (χ1v) is 9.64. The second-order valence-electron chi connectivity index (χ2n) is 7.58. The third kappa shape index (κ3) is 3.45. The predicted molar refractivity (Wildman–Crippen MR) is 94.7 cm³/mol. The van der Waals surface area contributed by atoms with Crippen molar-refractivity contribution in [2.24, 2.45) is 17.8 Å². The maximum Gasteiger partial charge on any atom is 0.409 e. The van der Waals surface area contributed by atoms with E-state index in [0.29, 0.717) is 30.1 Å². The molecule has 3 heterocycles. The van der Waals surface area contributed by atoms with Crippen molar-refractivity contribution in [1.29, 1.82) is 0 Å². The van der Waals surface area contributed by atoms with Gasteiger partial charge in [-0.05, 0) is 36.3 Å². The average Bonchev–Trinajstić information content (AvgIpc) is 3.11. The third-order valence-electron chi connectivity index (χ3n) is 5.92. The van der Waals surface area contributed by atoms with Crippen molar-refractivity contribution in [3.8, 4) is 0 Å². The van der Waals surface area contributed by atoms with Gasteiger partial charge >= 0.3 is 6.09 Å². The van der Waals surface area contributed by atoms with Crippen molar-refractivity contribution < 1.29 is 18.7 Å². The number of piperidine rings is 1. The van der Waals surface area contributed by atoms with Crippen LogP contribution in [0.3, 0.4) is 0 Å². The number of amides is 2. The summed E-state index contributed by atoms with van der Waals surface area (Å²) in [7, 11) is 0. The molecule has 0 spiro atoms. The Morgan fingerprint density at radius 2 is 1.88 bits per heavy atom. The molecule has 0 aromatic carbocycles. The molecule has 2 aliphatic heterocycles. The van der Waals surface area contributed by atoms with E-state index in [0.717, 1.165) is 52.2 Å². The lowest BCUT2D eigenvalue weighted by atomic mass is 10.2. The minimum atomic E-state index is -0.150. The lowest BCUT2D eigenvalue weighted by molar-refractivity contribution is 0.0593. The zero-order chi connectivity index (χ0) is 18.1. The number of piperazine rings is 1. The zero-order valence-electron chi connectivity index (χ0n) is 15.3. The minimum absolute atomic E-state index is 0.0147. The number of ether oxygens (including phenoxy) is 1. The SMILES string of the molecule is CCCOC(=O)N1C[C@@H]2C(CN3CCN(C(=O)c4ccco4)CC3)[C@@H]2C1. The molecule has 1 aromatic rings. The fraction of sp³-hybridized carbons (Fsp3) is 0.684. The van der Waals surface area contributed by atoms with Crippen LogP contribution < -0.4 is 0 Å². The Kier molecular flexibility index (Phi) is 4.89. The fourth-order valence-electron chi connectivity index (χ4n) is 4.34. The summed E-state index contributed by atoms with van der Waals surface area (Å²) in [6, 6.07) is 3.47. The van der Waals surface area contributed by atoms with Gasteiger partial charge < -0.3 is 19.0 Å². The molecule has 1 aromatic heterocycles. The van der Waals surface area contributed by atoms with Crippen molar-refractivity contribution in [3.05, 3.63) is 24.2 Å². The second-order valence-corrected chi connectivity index (χ2v) is 7.58. The zero-order valence-corrected chi connectivity index (χ0v) is 15.3. The highest BCUT2D eigenvalue weighted by molar-refractivity contribution is 5.91. The van der Waals surface area contributed by atoms with E-state index in [9.17, 15) is 9.59 Å². The Morgan fingerprint density at radius 3 is 2.50 bits per heavy atom. The first kappa shape index (κ1) is 17.4. The van der Waals surface area contributed by atoms with E-state index in [-0.39, 0.29) is 12.0 Å². The minimum Gasteiger partial charge on any atom is -0.459 e. The summed E-state index contributed by atoms with van der Waals surface area (Å²) in [6.07, 6.45) is 2.25. The Balaban J connectivity index is 1.18. The van der Waals surface area contributed by atoms with Crippen LogP contribution in [0, 0.1) is 17.8 Å². The molecule has 26 heavy (non-hydrogen) atoms. The molecule has 2 saturated heterocycles. The summed E-state index contributed by atoms with van der Waals surface area (Å²) in [5, 5.41) is 0. The summed E-state index contributed by atoms with van der Waals surface area (Å²) in [4.78, 5) is 30.4. The second kappa shape index (κ2) is 7.31. The van der Waals surface area contributed by atoms with E-state index in [2.05, 4.69) is 4.90 Å². The van der Waals surface area contributed by atoms with Crippen LogP contribution in [0.1, 0.15) is 23.9 Å². The first-order chi connectivity index (χ1) is 12.7. The molecule has 1 unspecified atom stereocenters. The highest BCUT2D eigenvalue weighted by atomic mass is 16.6. The van der Waals surface area contributed by atoms with Gasteiger partial charge in [0.05, 0.1) is 12.9 Å². The van der Waals surface area contributed by atoms with Crippen molar-refractivity contribution in [2.75, 3.05) is 52.4 Å². The molecule has 1 saturated carbocycles. The number of rotatable bonds is 5. The van der Waals surface area contributed by atoms with Crippen molar-refractivity contribution in [3.63, 3.8) is 0 Å². The van der Waals surface area contributed by atoms with Gasteiger partial charge in [0.15, 0.2) is 5.76 Å². The van der Waals surface area contributed by atoms with E-state index in [1.54, 1.807) is 12.1 Å². The first-order valence-electron chi connectivity index (χ1n) is 9.64. The largest absolute Gasteiger partial charge is 0.459 e. The van der Waals surface area contributed by atoms with Crippen LogP contribution in [-0.4, -0.2) is 79.1 Å². The van der Waals surface area contributed by atoms with Crippen LogP contribution in [0.5, 0.6) is 0 Å². The smallest absolute Gasteiger partial charge is 0.409 e. The molecule has 0 radical (unpaired) electrons. The van der Waals surface area contributed by atoms with E-state index < -0.39 is 0 Å². The molecule has 0 N–H and O–H groups in total. The topological polar surface area (TPSA) is 66.2 Å². The maximum absolute atomic E-state index is 12.3. The predicted octanol–water partition coefficient (Wildman–Crippen LogP) is 1.76. The molecular formula is C19H27N3O4. The normalized spacial score (nSPS) is 28.1. The van der Waals surface area contributed by atoms with Crippen LogP contribution in [0.2, 0.25) is 0 Å². The quantitative estimate of drug-likeness (QED) is 0.800. The van der Waals surface area contributed by atoms with Gasteiger partial charge in [0, 0.05) is 45.8 Å². The molecule has 7 nitrogen and oxygen atoms in total. The number of nitrogens with zero attached hydrogens (tertiary/aromatic N) is 3. The number of fused-ring (bicyclic) bond motifs is 1. The third-order valence-corrected chi connectivity index (χ3v) is 5.92. The Labute approximate surface area is 153 Å². The average molecular weight is 361 g/mol. The Morgan fingerprint density at radius 1 is 1.15 bits per heavy atom. The van der Waals surface area contributed by atoms with Gasteiger partial charge in [-0.15, -0.1) is 0 Å². The molecule has 2 amide bonds. The van der Waals surface area contributed by atoms with Gasteiger partial charge in [-0.1, -0.05) is 6.92 Å². The van der Waals surface area contributed by atoms with Gasteiger partial charge in [-0.25, -0.2) is 4.79 Å². The highest BCUT2D eigenvalue weighted by Gasteiger charge is 2.57. The molecule has 0 bridgehead atoms. The van der Waals surface area contributed by atoms with Gasteiger partial charge in [-0.2, -0.15) is 0 Å². The summed E-state index contributed by atoms with van der Waals surface area (Å²) in [5.41, 5.74) is 0. The lowest BCUT2D eigenvalue weighted by Gasteiger charge is -2.34. The summed E-state index contributed by atoms with van der Waals surface area (Å²) in [6.45, 7) is 8.59. The van der Waals surface area contributed by atoms with E-state index in [1.807, 2.05) is 16.7 Å². The number of carbonyl (C=O) groups is 2. The molecule has 7 heteroatoms. The summed E-state index contributed by atoms with van der Waals surface area (Å²) in [5.74, 6) is 2.36. The molecule has 3 fully saturated rings. The number of hydrogen-bond acceptors (Lipinski definition) is 5. The summed E-state index contributed by atoms with van der Waals surface area (Å²) < 4.78 is 10.4. The van der Waals surface area contributed by atoms with Gasteiger partial charge in [0.25, 0.3) is 5.91 Å². The molecule has 3 atom stereocenters. The van der Waals surface area contributed by atoms with Crippen molar-refractivity contribution in [2.45, 2.75) is 13.3 Å². The Hall–Kier alpha value is -2.02. The molecule has 142 valence electrons. The Bertz CT molecular complexity index is 627. The molecule has 4 rings (SSSR count). The lowest BCUT2D eigenvalue weighted by Crippen LogP contribution is -2.49. The van der Waals surface area contributed by atoms with Crippen LogP contribution >= 0.6 is 0 Å². The monoisotopic (exact) mass is 361 g/mol. The van der Waals surface area contributed by atoms with E-state index in [4.69, 9.17) is 9.15 Å². The van der Waals surface area contributed by atoms with E-state index in [1.165, 1.54) is 6.26 Å². The fourth-order valence-corrected chi connectivity index (χ4v) is 4.34. The number of likely N-dealkylation sites (tertiary alicyclic amines) is 1. The molecule has 1 aliphatic carbocycles. The van der Waals surface area contributed by atoms with Crippen LogP contribution in [0.4, 0.5) is 4.79 Å².